The zero-order valence-electron chi connectivity index (χ0n) is 19.8. The van der Waals surface area contributed by atoms with Gasteiger partial charge in [-0.3, -0.25) is 19.9 Å². The lowest BCUT2D eigenvalue weighted by atomic mass is 10.0. The molecule has 0 aliphatic carbocycles. The van der Waals surface area contributed by atoms with Crippen molar-refractivity contribution in [2.75, 3.05) is 6.54 Å². The lowest BCUT2D eigenvalue weighted by Gasteiger charge is -2.32. The molecule has 202 valence electrons. The molecule has 0 fully saturated rings. The number of fused-ring (bicyclic) bond motifs is 1. The Kier molecular flexibility index (Phi) is 7.23. The van der Waals surface area contributed by atoms with Gasteiger partial charge in [-0.25, -0.2) is 23.0 Å². The number of rotatable bonds is 6. The van der Waals surface area contributed by atoms with Crippen molar-refractivity contribution in [3.63, 3.8) is 0 Å². The van der Waals surface area contributed by atoms with Gasteiger partial charge in [-0.05, 0) is 54.6 Å². The Bertz CT molecular complexity index is 1720. The van der Waals surface area contributed by atoms with E-state index in [-0.39, 0.29) is 40.6 Å². The van der Waals surface area contributed by atoms with Crippen LogP contribution in [0.1, 0.15) is 17.3 Å². The summed E-state index contributed by atoms with van der Waals surface area (Å²) in [5.74, 6) is -1.22. The van der Waals surface area contributed by atoms with Crippen LogP contribution >= 0.6 is 23.2 Å². The molecule has 0 radical (unpaired) electrons. The maximum Gasteiger partial charge on any atom is 0.276 e. The molecule has 1 atom stereocenters. The molecule has 1 unspecified atom stereocenters. The van der Waals surface area contributed by atoms with Crippen molar-refractivity contribution in [2.24, 2.45) is 0 Å². The summed E-state index contributed by atoms with van der Waals surface area (Å²) in [4.78, 5) is 25.9. The molecular weight excluding hydrogens is 574 g/mol. The molecule has 5 rings (SSSR count). The number of nitrogens with zero attached hydrogens (tertiary/aromatic N) is 2. The van der Waals surface area contributed by atoms with Gasteiger partial charge in [0, 0.05) is 28.7 Å². The first-order valence-corrected chi connectivity index (χ1v) is 13.6. The summed E-state index contributed by atoms with van der Waals surface area (Å²) in [6.45, 7) is -0.204. The number of nitrogens with one attached hydrogen (secondary N) is 2. The average Bonchev–Trinajstić information content (AvgIpc) is 3.23. The Balaban J connectivity index is 1.50. The summed E-state index contributed by atoms with van der Waals surface area (Å²) < 4.78 is 49.1. The number of para-hydroxylation sites is 1. The number of carbonyl (C=O) groups is 1. The van der Waals surface area contributed by atoms with Crippen LogP contribution in [0.15, 0.2) is 76.4 Å². The van der Waals surface area contributed by atoms with Crippen LogP contribution in [0.5, 0.6) is 11.5 Å². The van der Waals surface area contributed by atoms with Crippen molar-refractivity contribution in [1.82, 2.24) is 19.6 Å². The zero-order valence-corrected chi connectivity index (χ0v) is 22.1. The number of hydrogen-bond acceptors (Lipinski definition) is 6. The quantitative estimate of drug-likeness (QED) is 0.227. The van der Waals surface area contributed by atoms with Crippen molar-refractivity contribution in [3.8, 4) is 17.2 Å². The third kappa shape index (κ3) is 5.04. The monoisotopic (exact) mass is 592 g/mol. The fraction of sp³-hybridized carbons (Fsp3) is 0.120. The van der Waals surface area contributed by atoms with E-state index in [1.54, 1.807) is 0 Å². The van der Waals surface area contributed by atoms with E-state index in [1.807, 2.05) is 0 Å². The lowest BCUT2D eigenvalue weighted by molar-refractivity contribution is -0.133. The second-order valence-electron chi connectivity index (χ2n) is 8.52. The molecule has 4 aromatic rings. The summed E-state index contributed by atoms with van der Waals surface area (Å²) in [5, 5.41) is 12.9. The molecule has 10 nitrogen and oxygen atoms in total. The molecule has 0 spiro atoms. The van der Waals surface area contributed by atoms with Gasteiger partial charge >= 0.3 is 0 Å². The highest BCUT2D eigenvalue weighted by atomic mass is 35.5. The molecule has 1 aliphatic heterocycles. The lowest BCUT2D eigenvalue weighted by Crippen LogP contribution is -2.48. The van der Waals surface area contributed by atoms with Gasteiger partial charge in [0.15, 0.2) is 0 Å². The number of carbonyl (C=O) groups excluding carboxylic acids is 1. The number of hydrogen-bond donors (Lipinski definition) is 3. The van der Waals surface area contributed by atoms with Crippen molar-refractivity contribution in [3.05, 3.63) is 104 Å². The summed E-state index contributed by atoms with van der Waals surface area (Å²) >= 11 is 12.0. The van der Waals surface area contributed by atoms with Crippen LogP contribution in [0.4, 0.5) is 4.39 Å². The molecule has 0 saturated carbocycles. The Morgan fingerprint density at radius 2 is 1.72 bits per heavy atom. The summed E-state index contributed by atoms with van der Waals surface area (Å²) in [6, 6.07) is 13.7. The number of sulfonamides is 1. The molecule has 2 heterocycles. The molecule has 1 aromatic heterocycles. The molecule has 3 N–H and O–H groups in total. The van der Waals surface area contributed by atoms with E-state index < -0.39 is 33.3 Å². The first kappa shape index (κ1) is 26.9. The van der Waals surface area contributed by atoms with Crippen molar-refractivity contribution in [2.45, 2.75) is 17.4 Å². The number of H-pyrrole nitrogens is 1. The third-order valence-corrected chi connectivity index (χ3v) is 8.42. The Labute approximate surface area is 231 Å². The van der Waals surface area contributed by atoms with Gasteiger partial charge in [-0.2, -0.15) is 4.31 Å². The standard InChI is InChI=1S/C25H19Cl2FN4O6S/c26-14-11-15(27)13-17(12-14)38-16-5-7-18(8-6-16)39(36,37)31-10-9-20-22(23(31)24(33)30-35)25(34)32(29-20)21-4-2-1-3-19(21)28/h1-8,11-13,23,29,35H,9-10H2,(H,30,33). The smallest absolute Gasteiger partial charge is 0.276 e. The number of hydroxylamine groups is 1. The van der Waals surface area contributed by atoms with Gasteiger partial charge in [-0.15, -0.1) is 0 Å². The number of aromatic nitrogens is 2. The molecule has 14 heteroatoms. The van der Waals surface area contributed by atoms with Crippen LogP contribution in [0.25, 0.3) is 5.69 Å². The average molecular weight is 593 g/mol. The Morgan fingerprint density at radius 1 is 1.05 bits per heavy atom. The fourth-order valence-electron chi connectivity index (χ4n) is 4.39. The number of amides is 1. The van der Waals surface area contributed by atoms with Gasteiger partial charge in [0.25, 0.3) is 11.5 Å². The molecule has 0 bridgehead atoms. The highest BCUT2D eigenvalue weighted by Gasteiger charge is 2.44. The summed E-state index contributed by atoms with van der Waals surface area (Å²) in [6.07, 6.45) is 0.0250. The Hall–Kier alpha value is -3.68. The predicted molar refractivity (Wildman–Crippen MR) is 140 cm³/mol. The zero-order chi connectivity index (χ0) is 27.9. The minimum absolute atomic E-state index is 0.0250. The normalized spacial score (nSPS) is 15.5. The van der Waals surface area contributed by atoms with Crippen LogP contribution in [-0.2, 0) is 21.2 Å². The van der Waals surface area contributed by atoms with Gasteiger partial charge in [0.2, 0.25) is 10.0 Å². The number of benzene rings is 3. The summed E-state index contributed by atoms with van der Waals surface area (Å²) in [5.41, 5.74) is 0.526. The van der Waals surface area contributed by atoms with E-state index in [1.165, 1.54) is 66.1 Å². The minimum Gasteiger partial charge on any atom is -0.457 e. The van der Waals surface area contributed by atoms with E-state index in [0.717, 1.165) is 15.1 Å². The van der Waals surface area contributed by atoms with E-state index in [2.05, 4.69) is 5.10 Å². The van der Waals surface area contributed by atoms with Gasteiger partial charge < -0.3 is 4.74 Å². The fourth-order valence-corrected chi connectivity index (χ4v) is 6.45. The minimum atomic E-state index is -4.36. The van der Waals surface area contributed by atoms with Crippen LogP contribution in [0, 0.1) is 5.82 Å². The van der Waals surface area contributed by atoms with Gasteiger partial charge in [-0.1, -0.05) is 35.3 Å². The van der Waals surface area contributed by atoms with E-state index in [4.69, 9.17) is 27.9 Å². The van der Waals surface area contributed by atoms with Gasteiger partial charge in [0.1, 0.15) is 29.0 Å². The molecule has 1 aliphatic rings. The van der Waals surface area contributed by atoms with Gasteiger partial charge in [0.05, 0.1) is 10.5 Å². The van der Waals surface area contributed by atoms with Crippen LogP contribution in [0.2, 0.25) is 10.0 Å². The summed E-state index contributed by atoms with van der Waals surface area (Å²) in [7, 11) is -4.36. The SMILES string of the molecule is O=C(NO)C1c2c([nH]n(-c3ccccc3F)c2=O)CCN1S(=O)(=O)c1ccc(Oc2cc(Cl)cc(Cl)c2)cc1. The Morgan fingerprint density at radius 3 is 2.36 bits per heavy atom. The van der Waals surface area contributed by atoms with E-state index in [0.29, 0.717) is 15.8 Å². The third-order valence-electron chi connectivity index (χ3n) is 6.10. The van der Waals surface area contributed by atoms with E-state index in [9.17, 15) is 27.6 Å². The first-order valence-electron chi connectivity index (χ1n) is 11.4. The molecular formula is C25H19Cl2FN4O6S. The van der Waals surface area contributed by atoms with Crippen LogP contribution in [0.3, 0.4) is 0 Å². The van der Waals surface area contributed by atoms with Crippen LogP contribution < -0.4 is 15.8 Å². The van der Waals surface area contributed by atoms with Crippen LogP contribution in [-0.4, -0.2) is 40.2 Å². The maximum absolute atomic E-state index is 14.4. The predicted octanol–water partition coefficient (Wildman–Crippen LogP) is 4.20. The highest BCUT2D eigenvalue weighted by Crippen LogP contribution is 2.34. The number of ether oxygens (including phenoxy) is 1. The highest BCUT2D eigenvalue weighted by molar-refractivity contribution is 7.89. The number of halogens is 3. The molecule has 39 heavy (non-hydrogen) atoms. The second kappa shape index (κ2) is 10.5. The van der Waals surface area contributed by atoms with Crippen molar-refractivity contribution in [1.29, 1.82) is 0 Å². The molecule has 0 saturated heterocycles. The maximum atomic E-state index is 14.4. The molecule has 1 amide bonds. The number of aromatic amines is 1. The second-order valence-corrected chi connectivity index (χ2v) is 11.3. The molecule has 3 aromatic carbocycles. The van der Waals surface area contributed by atoms with Crippen molar-refractivity contribution < 1.29 is 27.5 Å². The largest absolute Gasteiger partial charge is 0.457 e. The van der Waals surface area contributed by atoms with Crippen molar-refractivity contribution >= 4 is 39.1 Å². The topological polar surface area (TPSA) is 134 Å². The van der Waals surface area contributed by atoms with E-state index >= 15 is 0 Å². The first-order chi connectivity index (χ1) is 18.6.